The minimum absolute atomic E-state index is 0.0523. The first-order valence-electron chi connectivity index (χ1n) is 7.26. The highest BCUT2D eigenvalue weighted by molar-refractivity contribution is 5.84. The number of fused-ring (bicyclic) bond motifs is 2. The van der Waals surface area contributed by atoms with E-state index < -0.39 is 0 Å². The van der Waals surface area contributed by atoms with Crippen molar-refractivity contribution >= 4 is 16.6 Å². The van der Waals surface area contributed by atoms with Crippen LogP contribution in [0.4, 0.5) is 5.82 Å². The molecule has 1 heterocycles. The number of rotatable bonds is 1. The number of nitrogen functional groups attached to an aromatic ring is 1. The van der Waals surface area contributed by atoms with E-state index in [4.69, 9.17) is 5.73 Å². The van der Waals surface area contributed by atoms with Gasteiger partial charge in [0.1, 0.15) is 5.82 Å². The number of hydrogen-bond donors (Lipinski definition) is 1. The molecule has 2 N–H and O–H groups in total. The first kappa shape index (κ1) is 12.2. The first-order valence-corrected chi connectivity index (χ1v) is 7.26. The third-order valence-corrected chi connectivity index (χ3v) is 4.30. The predicted molar refractivity (Wildman–Crippen MR) is 86.0 cm³/mol. The van der Waals surface area contributed by atoms with Crippen molar-refractivity contribution in [2.45, 2.75) is 19.3 Å². The molecule has 0 atom stereocenters. The van der Waals surface area contributed by atoms with E-state index in [2.05, 4.69) is 12.1 Å². The summed E-state index contributed by atoms with van der Waals surface area (Å²) in [6.45, 7) is 0. The molecule has 0 fully saturated rings. The Morgan fingerprint density at radius 3 is 2.67 bits per heavy atom. The van der Waals surface area contributed by atoms with E-state index in [1.165, 1.54) is 17.5 Å². The minimum Gasteiger partial charge on any atom is -0.385 e. The molecule has 1 aliphatic rings. The highest BCUT2D eigenvalue weighted by Crippen LogP contribution is 2.25. The molecule has 21 heavy (non-hydrogen) atoms. The molecule has 0 saturated heterocycles. The number of anilines is 1. The molecule has 0 amide bonds. The Labute approximate surface area is 122 Å². The Morgan fingerprint density at radius 1 is 0.952 bits per heavy atom. The van der Waals surface area contributed by atoms with Crippen LogP contribution < -0.4 is 11.3 Å². The Hall–Kier alpha value is -2.55. The molecule has 0 unspecified atom stereocenters. The van der Waals surface area contributed by atoms with Crippen molar-refractivity contribution in [3.63, 3.8) is 0 Å². The third-order valence-electron chi connectivity index (χ3n) is 4.30. The Balaban J connectivity index is 2.00. The number of aromatic nitrogens is 1. The van der Waals surface area contributed by atoms with E-state index in [1.54, 1.807) is 4.57 Å². The maximum absolute atomic E-state index is 12.7. The van der Waals surface area contributed by atoms with Crippen LogP contribution in [0, 0.1) is 0 Å². The van der Waals surface area contributed by atoms with Gasteiger partial charge in [-0.15, -0.1) is 0 Å². The van der Waals surface area contributed by atoms with E-state index in [9.17, 15) is 4.79 Å². The summed E-state index contributed by atoms with van der Waals surface area (Å²) in [6.07, 6.45) is 3.42. The smallest absolute Gasteiger partial charge is 0.264 e. The van der Waals surface area contributed by atoms with Crippen LogP contribution in [0.5, 0.6) is 0 Å². The van der Waals surface area contributed by atoms with Crippen LogP contribution in [0.1, 0.15) is 17.5 Å². The van der Waals surface area contributed by atoms with Crippen LogP contribution in [0.15, 0.2) is 53.3 Å². The van der Waals surface area contributed by atoms with Gasteiger partial charge in [-0.25, -0.2) is 0 Å². The number of aryl methyl sites for hydroxylation is 2. The van der Waals surface area contributed by atoms with Crippen LogP contribution in [-0.2, 0) is 12.8 Å². The summed E-state index contributed by atoms with van der Waals surface area (Å²) in [7, 11) is 0. The van der Waals surface area contributed by atoms with Crippen molar-refractivity contribution in [2.24, 2.45) is 0 Å². The standard InChI is InChI=1S/C18H16N2O/c19-17-11-14-4-1-2-7-16(14)18(21)20(17)15-9-8-12-5-3-6-13(12)10-15/h1-2,4,7-11H,3,5-6,19H2. The van der Waals surface area contributed by atoms with Crippen LogP contribution in [-0.4, -0.2) is 4.57 Å². The van der Waals surface area contributed by atoms with Gasteiger partial charge in [0, 0.05) is 5.39 Å². The lowest BCUT2D eigenvalue weighted by Gasteiger charge is -2.12. The first-order chi connectivity index (χ1) is 10.2. The van der Waals surface area contributed by atoms with E-state index in [0.717, 1.165) is 23.9 Å². The number of hydrogen-bond acceptors (Lipinski definition) is 2. The van der Waals surface area contributed by atoms with E-state index in [0.29, 0.717) is 11.2 Å². The Morgan fingerprint density at radius 2 is 1.76 bits per heavy atom. The fourth-order valence-electron chi connectivity index (χ4n) is 3.24. The molecule has 1 aliphatic carbocycles. The highest BCUT2D eigenvalue weighted by Gasteiger charge is 2.14. The summed E-state index contributed by atoms with van der Waals surface area (Å²) in [5, 5.41) is 1.59. The fourth-order valence-corrected chi connectivity index (χ4v) is 3.24. The van der Waals surface area contributed by atoms with Crippen molar-refractivity contribution < 1.29 is 0 Å². The maximum atomic E-state index is 12.7. The van der Waals surface area contributed by atoms with Crippen LogP contribution in [0.25, 0.3) is 16.5 Å². The van der Waals surface area contributed by atoms with Crippen LogP contribution in [0.2, 0.25) is 0 Å². The number of nitrogens with zero attached hydrogens (tertiary/aromatic N) is 1. The van der Waals surface area contributed by atoms with Gasteiger partial charge < -0.3 is 5.73 Å². The molecular formula is C18H16N2O. The fraction of sp³-hybridized carbons (Fsp3) is 0.167. The van der Waals surface area contributed by atoms with Gasteiger partial charge >= 0.3 is 0 Å². The molecule has 1 aromatic heterocycles. The molecule has 0 bridgehead atoms. The van der Waals surface area contributed by atoms with Crippen molar-refractivity contribution in [1.82, 2.24) is 4.57 Å². The summed E-state index contributed by atoms with van der Waals surface area (Å²) >= 11 is 0. The van der Waals surface area contributed by atoms with Gasteiger partial charge in [0.05, 0.1) is 5.69 Å². The molecule has 4 rings (SSSR count). The second-order valence-corrected chi connectivity index (χ2v) is 5.60. The van der Waals surface area contributed by atoms with Crippen molar-refractivity contribution in [1.29, 1.82) is 0 Å². The molecule has 0 aliphatic heterocycles. The monoisotopic (exact) mass is 276 g/mol. The summed E-state index contributed by atoms with van der Waals surface area (Å²) in [6, 6.07) is 15.7. The van der Waals surface area contributed by atoms with Gasteiger partial charge in [-0.05, 0) is 60.0 Å². The lowest BCUT2D eigenvalue weighted by Crippen LogP contribution is -2.21. The van der Waals surface area contributed by atoms with Crippen molar-refractivity contribution in [3.05, 3.63) is 70.0 Å². The average Bonchev–Trinajstić information content (AvgIpc) is 2.95. The van der Waals surface area contributed by atoms with Crippen LogP contribution in [0.3, 0.4) is 0 Å². The molecule has 0 spiro atoms. The third kappa shape index (κ3) is 1.85. The second kappa shape index (κ2) is 4.48. The van der Waals surface area contributed by atoms with E-state index in [-0.39, 0.29) is 5.56 Å². The summed E-state index contributed by atoms with van der Waals surface area (Å²) in [4.78, 5) is 12.7. The van der Waals surface area contributed by atoms with Gasteiger partial charge in [-0.3, -0.25) is 9.36 Å². The minimum atomic E-state index is -0.0523. The van der Waals surface area contributed by atoms with E-state index in [1.807, 2.05) is 36.4 Å². The van der Waals surface area contributed by atoms with Crippen molar-refractivity contribution in [2.75, 3.05) is 5.73 Å². The van der Waals surface area contributed by atoms with Crippen molar-refractivity contribution in [3.8, 4) is 5.69 Å². The van der Waals surface area contributed by atoms with Gasteiger partial charge in [-0.2, -0.15) is 0 Å². The van der Waals surface area contributed by atoms with Gasteiger partial charge in [0.2, 0.25) is 0 Å². The summed E-state index contributed by atoms with van der Waals surface area (Å²) in [5.41, 5.74) is 9.67. The molecule has 3 heteroatoms. The summed E-state index contributed by atoms with van der Waals surface area (Å²) in [5.74, 6) is 0.483. The largest absolute Gasteiger partial charge is 0.385 e. The molecular weight excluding hydrogens is 260 g/mol. The molecule has 0 radical (unpaired) electrons. The lowest BCUT2D eigenvalue weighted by molar-refractivity contribution is 0.911. The zero-order valence-electron chi connectivity index (χ0n) is 11.7. The number of benzene rings is 2. The molecule has 0 saturated carbocycles. The number of nitrogens with two attached hydrogens (primary N) is 1. The second-order valence-electron chi connectivity index (χ2n) is 5.60. The Bertz CT molecular complexity index is 909. The van der Waals surface area contributed by atoms with E-state index >= 15 is 0 Å². The molecule has 3 aromatic rings. The zero-order valence-corrected chi connectivity index (χ0v) is 11.7. The highest BCUT2D eigenvalue weighted by atomic mass is 16.1. The molecule has 2 aromatic carbocycles. The normalized spacial score (nSPS) is 13.5. The quantitative estimate of drug-likeness (QED) is 0.742. The van der Waals surface area contributed by atoms with Gasteiger partial charge in [0.25, 0.3) is 5.56 Å². The number of pyridine rings is 1. The maximum Gasteiger partial charge on any atom is 0.264 e. The van der Waals surface area contributed by atoms with Gasteiger partial charge in [-0.1, -0.05) is 24.3 Å². The van der Waals surface area contributed by atoms with Gasteiger partial charge in [0.15, 0.2) is 0 Å². The zero-order chi connectivity index (χ0) is 14.4. The molecule has 104 valence electrons. The predicted octanol–water partition coefficient (Wildman–Crippen LogP) is 3.06. The lowest BCUT2D eigenvalue weighted by atomic mass is 10.1. The molecule has 3 nitrogen and oxygen atoms in total. The summed E-state index contributed by atoms with van der Waals surface area (Å²) < 4.78 is 1.61. The average molecular weight is 276 g/mol. The Kier molecular flexibility index (Phi) is 2.61. The topological polar surface area (TPSA) is 48.0 Å². The van der Waals surface area contributed by atoms with Crippen LogP contribution >= 0.6 is 0 Å². The SMILES string of the molecule is Nc1cc2ccccc2c(=O)n1-c1ccc2c(c1)CCC2.